The van der Waals surface area contributed by atoms with Crippen molar-refractivity contribution < 1.29 is 49.8 Å². The lowest BCUT2D eigenvalue weighted by atomic mass is 9.93. The van der Waals surface area contributed by atoms with Crippen LogP contribution in [0.4, 0.5) is 26.3 Å². The van der Waals surface area contributed by atoms with Crippen LogP contribution in [0.5, 0.6) is 5.75 Å². The van der Waals surface area contributed by atoms with Crippen LogP contribution in [0, 0.1) is 0 Å². The Balaban J connectivity index is 1.87. The number of aryl methyl sites for hydroxylation is 1. The average Bonchev–Trinajstić information content (AvgIpc) is 3.44. The van der Waals surface area contributed by atoms with Crippen molar-refractivity contribution >= 4 is 11.9 Å². The maximum absolute atomic E-state index is 13.6. The summed E-state index contributed by atoms with van der Waals surface area (Å²) >= 11 is 0. The number of hydrogen-bond acceptors (Lipinski definition) is 7. The van der Waals surface area contributed by atoms with E-state index >= 15 is 0 Å². The van der Waals surface area contributed by atoms with Gasteiger partial charge >= 0.3 is 24.1 Å². The molecule has 1 atom stereocenters. The van der Waals surface area contributed by atoms with E-state index in [4.69, 9.17) is 9.15 Å². The van der Waals surface area contributed by atoms with E-state index < -0.39 is 48.4 Å². The summed E-state index contributed by atoms with van der Waals surface area (Å²) in [4.78, 5) is 37.0. The summed E-state index contributed by atoms with van der Waals surface area (Å²) in [6.07, 6.45) is -12.6. The summed E-state index contributed by atoms with van der Waals surface area (Å²) in [6, 6.07) is 3.85. The van der Waals surface area contributed by atoms with Gasteiger partial charge in [-0.15, -0.1) is 5.10 Å². The van der Waals surface area contributed by atoms with Gasteiger partial charge in [0.25, 0.3) is 11.8 Å². The maximum Gasteiger partial charge on any atom is 0.434 e. The minimum atomic E-state index is -4.88. The molecule has 0 unspecified atom stereocenters. The topological polar surface area (TPSA) is 128 Å². The highest BCUT2D eigenvalue weighted by Crippen LogP contribution is 2.42. The lowest BCUT2D eigenvalue weighted by Gasteiger charge is -2.29. The van der Waals surface area contributed by atoms with Gasteiger partial charge in [0.1, 0.15) is 17.0 Å². The van der Waals surface area contributed by atoms with E-state index in [1.54, 1.807) is 0 Å². The average molecular weight is 576 g/mol. The van der Waals surface area contributed by atoms with E-state index in [0.717, 1.165) is 20.1 Å². The summed E-state index contributed by atoms with van der Waals surface area (Å²) in [5.74, 6) is -3.47. The summed E-state index contributed by atoms with van der Waals surface area (Å²) in [5, 5.41) is 7.82. The van der Waals surface area contributed by atoms with E-state index in [1.165, 1.54) is 23.8 Å². The summed E-state index contributed by atoms with van der Waals surface area (Å²) < 4.78 is 96.5. The molecule has 0 radical (unpaired) electrons. The van der Waals surface area contributed by atoms with Gasteiger partial charge in [-0.1, -0.05) is 0 Å². The number of ether oxygens (including phenoxy) is 2. The zero-order valence-electron chi connectivity index (χ0n) is 21.2. The minimum absolute atomic E-state index is 0.0167. The van der Waals surface area contributed by atoms with Gasteiger partial charge in [-0.2, -0.15) is 26.3 Å². The van der Waals surface area contributed by atoms with E-state index in [9.17, 15) is 40.7 Å². The second kappa shape index (κ2) is 10.1. The lowest BCUT2D eigenvalue weighted by molar-refractivity contribution is -0.169. The van der Waals surface area contributed by atoms with E-state index in [2.05, 4.69) is 14.9 Å². The molecular formula is C24H22F6N4O6. The highest BCUT2D eigenvalue weighted by molar-refractivity contribution is 5.98. The number of esters is 1. The van der Waals surface area contributed by atoms with Crippen LogP contribution >= 0.6 is 0 Å². The Bertz CT molecular complexity index is 1520. The molecule has 216 valence electrons. The molecule has 1 aliphatic heterocycles. The molecule has 40 heavy (non-hydrogen) atoms. The molecule has 3 aromatic rings. The quantitative estimate of drug-likeness (QED) is 0.324. The van der Waals surface area contributed by atoms with Crippen LogP contribution in [-0.4, -0.2) is 58.8 Å². The fourth-order valence-corrected chi connectivity index (χ4v) is 4.77. The number of benzene rings is 1. The second-order valence-corrected chi connectivity index (χ2v) is 9.29. The van der Waals surface area contributed by atoms with Gasteiger partial charge in [-0.3, -0.25) is 4.79 Å². The first kappa shape index (κ1) is 28.8. The van der Waals surface area contributed by atoms with Crippen LogP contribution < -0.4 is 15.8 Å². The predicted octanol–water partition coefficient (Wildman–Crippen LogP) is 3.78. The molecule has 0 spiro atoms. The molecule has 0 saturated heterocycles. The van der Waals surface area contributed by atoms with Crippen LogP contribution in [0.1, 0.15) is 35.0 Å². The number of rotatable bonds is 7. The zero-order chi connectivity index (χ0) is 29.6. The van der Waals surface area contributed by atoms with Crippen molar-refractivity contribution in [2.24, 2.45) is 0 Å². The molecule has 0 bridgehead atoms. The van der Waals surface area contributed by atoms with Crippen molar-refractivity contribution in [1.29, 1.82) is 0 Å². The third-order valence-corrected chi connectivity index (χ3v) is 6.33. The third kappa shape index (κ3) is 5.70. The van der Waals surface area contributed by atoms with Crippen molar-refractivity contribution in [2.75, 3.05) is 14.2 Å². The number of halogens is 6. The summed E-state index contributed by atoms with van der Waals surface area (Å²) in [7, 11) is 2.17. The van der Waals surface area contributed by atoms with Gasteiger partial charge in [0, 0.05) is 12.1 Å². The Morgan fingerprint density at radius 1 is 1.10 bits per heavy atom. The van der Waals surface area contributed by atoms with Crippen LogP contribution in [-0.2, 0) is 28.9 Å². The number of nitrogens with one attached hydrogen (secondary N) is 2. The van der Waals surface area contributed by atoms with Crippen molar-refractivity contribution in [3.63, 3.8) is 0 Å². The van der Waals surface area contributed by atoms with Crippen LogP contribution in [0.15, 0.2) is 27.4 Å². The number of nitrogens with zero attached hydrogens (tertiary/aromatic N) is 2. The van der Waals surface area contributed by atoms with Crippen molar-refractivity contribution in [1.82, 2.24) is 20.1 Å². The molecule has 2 aromatic heterocycles. The van der Waals surface area contributed by atoms with E-state index in [-0.39, 0.29) is 52.7 Å². The molecule has 2 N–H and O–H groups in total. The monoisotopic (exact) mass is 576 g/mol. The highest BCUT2D eigenvalue weighted by atomic mass is 19.4. The molecule has 10 nitrogen and oxygen atoms in total. The van der Waals surface area contributed by atoms with Crippen LogP contribution in [0.2, 0.25) is 0 Å². The molecule has 1 aromatic carbocycles. The Morgan fingerprint density at radius 3 is 2.35 bits per heavy atom. The molecule has 0 fully saturated rings. The number of amides is 1. The number of hydrogen-bond donors (Lipinski definition) is 2. The van der Waals surface area contributed by atoms with Crippen LogP contribution in [0.3, 0.4) is 0 Å². The molecule has 1 aliphatic rings. The highest BCUT2D eigenvalue weighted by Gasteiger charge is 2.47. The van der Waals surface area contributed by atoms with Gasteiger partial charge in [0.15, 0.2) is 0 Å². The largest absolute Gasteiger partial charge is 0.496 e. The molecule has 0 aliphatic carbocycles. The molecular weight excluding hydrogens is 554 g/mol. The number of methoxy groups -OCH3 is 2. The van der Waals surface area contributed by atoms with Gasteiger partial charge in [-0.05, 0) is 42.7 Å². The minimum Gasteiger partial charge on any atom is -0.496 e. The molecule has 3 heterocycles. The SMILES string of the molecule is COC(=O)[C@](C)(CC(F)(F)F)NC(=O)c1cc(CC(F)(F)F)c2n1CCc1cc(OC)c(-c3n[nH]c(=O)o3)cc1-2. The molecule has 1 amide bonds. The van der Waals surface area contributed by atoms with E-state index in [0.29, 0.717) is 5.56 Å². The van der Waals surface area contributed by atoms with Crippen molar-refractivity contribution in [2.45, 2.75) is 50.6 Å². The van der Waals surface area contributed by atoms with Crippen LogP contribution in [0.25, 0.3) is 22.7 Å². The van der Waals surface area contributed by atoms with Gasteiger partial charge in [0.05, 0.1) is 38.3 Å². The summed E-state index contributed by atoms with van der Waals surface area (Å²) in [5.41, 5.74) is -2.41. The van der Waals surface area contributed by atoms with E-state index in [1.807, 2.05) is 5.32 Å². The standard InChI is InChI=1S/C24H22F6N4O6/c1-22(20(36)39-3,10-24(28,29)30)31-18(35)15-6-12(9-23(25,26)27)17-13-8-14(19-32-33-21(37)40-19)16(38-2)7-11(13)4-5-34(15)17/h6-8H,4-5,9-10H2,1-3H3,(H,31,35)(H,33,37)/t22-/m0/s1. The fourth-order valence-electron chi connectivity index (χ4n) is 4.77. The van der Waals surface area contributed by atoms with Gasteiger partial charge < -0.3 is 23.8 Å². The van der Waals surface area contributed by atoms with Crippen molar-refractivity contribution in [3.8, 4) is 28.5 Å². The number of H-pyrrole nitrogens is 1. The Hall–Kier alpha value is -4.24. The smallest absolute Gasteiger partial charge is 0.434 e. The zero-order valence-corrected chi connectivity index (χ0v) is 21.2. The number of carbonyl (C=O) groups excluding carboxylic acids is 2. The number of aromatic amines is 1. The lowest BCUT2D eigenvalue weighted by Crippen LogP contribution is -2.55. The van der Waals surface area contributed by atoms with Crippen molar-refractivity contribution in [3.05, 3.63) is 45.6 Å². The first-order valence-electron chi connectivity index (χ1n) is 11.6. The normalized spacial score (nSPS) is 14.6. The number of fused-ring (bicyclic) bond motifs is 3. The second-order valence-electron chi connectivity index (χ2n) is 9.29. The summed E-state index contributed by atoms with van der Waals surface area (Å²) in [6.45, 7) is 0.795. The Kier molecular flexibility index (Phi) is 7.23. The Morgan fingerprint density at radius 2 is 1.80 bits per heavy atom. The first-order chi connectivity index (χ1) is 18.5. The third-order valence-electron chi connectivity index (χ3n) is 6.33. The molecule has 0 saturated carbocycles. The predicted molar refractivity (Wildman–Crippen MR) is 125 cm³/mol. The number of aromatic nitrogens is 3. The Labute approximate surface area is 221 Å². The maximum atomic E-state index is 13.6. The molecule has 4 rings (SSSR count). The fraction of sp³-hybridized carbons (Fsp3) is 0.417. The first-order valence-corrected chi connectivity index (χ1v) is 11.6. The van der Waals surface area contributed by atoms with Gasteiger partial charge in [-0.25, -0.2) is 14.7 Å². The number of alkyl halides is 6. The number of carbonyl (C=O) groups is 2. The molecule has 16 heteroatoms. The van der Waals surface area contributed by atoms with Gasteiger partial charge in [0.2, 0.25) is 0 Å².